The second kappa shape index (κ2) is 16.2. The third kappa shape index (κ3) is 8.75. The van der Waals surface area contributed by atoms with E-state index in [2.05, 4.69) is 15.0 Å². The van der Waals surface area contributed by atoms with Crippen LogP contribution in [-0.2, 0) is 24.4 Å². The van der Waals surface area contributed by atoms with Crippen LogP contribution in [0, 0.1) is 17.8 Å². The summed E-state index contributed by atoms with van der Waals surface area (Å²) in [6.07, 6.45) is 2.61. The molecule has 18 heteroatoms. The molecule has 14 nitrogen and oxygen atoms in total. The zero-order chi connectivity index (χ0) is 44.3. The van der Waals surface area contributed by atoms with Crippen LogP contribution in [0.3, 0.4) is 0 Å². The molecule has 2 aliphatic carbocycles. The molecule has 2 saturated carbocycles. The van der Waals surface area contributed by atoms with Crippen molar-refractivity contribution in [3.63, 3.8) is 0 Å². The maximum absolute atomic E-state index is 15.4. The number of alkyl halides is 2. The van der Waals surface area contributed by atoms with Gasteiger partial charge in [-0.2, -0.15) is 4.98 Å². The van der Waals surface area contributed by atoms with Crippen LogP contribution in [-0.4, -0.2) is 105 Å². The monoisotopic (exact) mass is 879 g/mol. The lowest BCUT2D eigenvalue weighted by Gasteiger charge is -2.47. The third-order valence-corrected chi connectivity index (χ3v) is 15.3. The van der Waals surface area contributed by atoms with Crippen LogP contribution in [0.25, 0.3) is 10.8 Å². The number of carbonyl (C=O) groups is 4. The van der Waals surface area contributed by atoms with Crippen molar-refractivity contribution in [1.29, 1.82) is 0 Å². The maximum atomic E-state index is 15.4. The van der Waals surface area contributed by atoms with E-state index in [4.69, 9.17) is 21.1 Å². The average Bonchev–Trinajstić information content (AvgIpc) is 4.01. The van der Waals surface area contributed by atoms with E-state index in [9.17, 15) is 27.9 Å². The van der Waals surface area contributed by atoms with E-state index < -0.39 is 85.6 Å². The molecule has 6 rings (SSSR count). The second-order valence-corrected chi connectivity index (χ2v) is 20.9. The van der Waals surface area contributed by atoms with Crippen molar-refractivity contribution in [2.75, 3.05) is 6.54 Å². The van der Waals surface area contributed by atoms with Gasteiger partial charge in [0.15, 0.2) is 0 Å². The zero-order valence-electron chi connectivity index (χ0n) is 35.3. The molecule has 3 fully saturated rings. The van der Waals surface area contributed by atoms with E-state index in [0.717, 1.165) is 18.7 Å². The quantitative estimate of drug-likeness (QED) is 0.217. The number of fused-ring (bicyclic) bond motifs is 3. The van der Waals surface area contributed by atoms with Crippen LogP contribution in [0.2, 0.25) is 5.02 Å². The number of hydrogen-bond donors (Lipinski definition) is 3. The molecule has 7 atom stereocenters. The first-order valence-corrected chi connectivity index (χ1v) is 22.4. The van der Waals surface area contributed by atoms with Crippen molar-refractivity contribution in [3.05, 3.63) is 41.4 Å². The minimum atomic E-state index is -4.10. The molecule has 3 heterocycles. The fourth-order valence-electron chi connectivity index (χ4n) is 8.40. The van der Waals surface area contributed by atoms with Gasteiger partial charge >= 0.3 is 6.09 Å². The van der Waals surface area contributed by atoms with E-state index in [1.54, 1.807) is 37.3 Å². The summed E-state index contributed by atoms with van der Waals surface area (Å²) < 4.78 is 70.8. The number of benzene rings is 1. The Morgan fingerprint density at radius 3 is 2.43 bits per heavy atom. The number of halogens is 3. The number of rotatable bonds is 10. The van der Waals surface area contributed by atoms with Gasteiger partial charge in [0.05, 0.1) is 17.4 Å². The van der Waals surface area contributed by atoms with Gasteiger partial charge in [0.1, 0.15) is 29.3 Å². The Kier molecular flexibility index (Phi) is 12.2. The number of pyridine rings is 1. The molecule has 1 saturated heterocycles. The number of ether oxygens (including phenoxy) is 2. The Balaban J connectivity index is 1.45. The van der Waals surface area contributed by atoms with Crippen LogP contribution < -0.4 is 19.5 Å². The average molecular weight is 880 g/mol. The molecule has 2 aliphatic heterocycles. The van der Waals surface area contributed by atoms with Crippen molar-refractivity contribution in [2.45, 2.75) is 146 Å². The molecule has 1 aromatic heterocycles. The lowest BCUT2D eigenvalue weighted by molar-refractivity contribution is -0.156. The first-order chi connectivity index (χ1) is 27.8. The minimum absolute atomic E-state index is 0.0749. The number of aromatic nitrogens is 1. The van der Waals surface area contributed by atoms with E-state index in [1.165, 1.54) is 6.92 Å². The summed E-state index contributed by atoms with van der Waals surface area (Å²) in [4.78, 5) is 63.3. The standard InChI is InChI=1S/C42H56ClF2N5O9S/c1-23(2)58-32-20-29-28(14-11-15-30(29)43)35(46-32)59-27-19-31-34(51)47-42(37(53)48-60(56,57)40(7)16-17-40)21-26(42)13-10-9-12-24(3)18-25(4)33(36(52)49(31)22-27)50(38(54)55)39(5,6)41(8,44)45/h10-11,13-15,20,23-27,31,33H,9,12,16-19,21-22H2,1-8H3,(H,47,51)(H,48,53)(H,54,55)/t24-,25-,26-,27-,31+,33+,42-/m1/s1. The van der Waals surface area contributed by atoms with Gasteiger partial charge in [-0.15, -0.1) is 0 Å². The molecule has 1 aromatic carbocycles. The largest absolute Gasteiger partial charge is 0.475 e. The highest BCUT2D eigenvalue weighted by atomic mass is 35.5. The highest BCUT2D eigenvalue weighted by molar-refractivity contribution is 7.91. The summed E-state index contributed by atoms with van der Waals surface area (Å²) in [6, 6.07) is 3.67. The molecule has 3 N–H and O–H groups in total. The normalized spacial score (nSPS) is 28.5. The molecule has 60 heavy (non-hydrogen) atoms. The molecular weight excluding hydrogens is 824 g/mol. The molecule has 0 unspecified atom stereocenters. The molecule has 4 aliphatic rings. The number of nitrogens with one attached hydrogen (secondary N) is 2. The Hall–Kier alpha value is -4.25. The Bertz CT molecular complexity index is 2180. The lowest BCUT2D eigenvalue weighted by atomic mass is 9.84. The fourth-order valence-corrected chi connectivity index (χ4v) is 9.94. The van der Waals surface area contributed by atoms with E-state index in [-0.39, 0.29) is 49.6 Å². The van der Waals surface area contributed by atoms with Crippen molar-refractivity contribution >= 4 is 56.2 Å². The smallest absolute Gasteiger partial charge is 0.408 e. The van der Waals surface area contributed by atoms with Crippen molar-refractivity contribution in [1.82, 2.24) is 24.8 Å². The maximum Gasteiger partial charge on any atom is 0.408 e. The summed E-state index contributed by atoms with van der Waals surface area (Å²) in [7, 11) is -4.10. The number of hydrogen-bond acceptors (Lipinski definition) is 9. The highest BCUT2D eigenvalue weighted by Crippen LogP contribution is 2.48. The van der Waals surface area contributed by atoms with Gasteiger partial charge in [-0.1, -0.05) is 43.7 Å². The zero-order valence-corrected chi connectivity index (χ0v) is 36.8. The molecular formula is C42H56ClF2N5O9S. The van der Waals surface area contributed by atoms with Gasteiger partial charge in [-0.05, 0) is 97.1 Å². The van der Waals surface area contributed by atoms with Crippen LogP contribution in [0.4, 0.5) is 13.6 Å². The summed E-state index contributed by atoms with van der Waals surface area (Å²) in [5, 5.41) is 14.9. The number of amides is 4. The summed E-state index contributed by atoms with van der Waals surface area (Å²) in [5.41, 5.74) is -4.07. The molecule has 0 spiro atoms. The van der Waals surface area contributed by atoms with Crippen molar-refractivity contribution in [3.8, 4) is 11.8 Å². The number of carbonyl (C=O) groups excluding carboxylic acids is 3. The van der Waals surface area contributed by atoms with Gasteiger partial charge in [-0.25, -0.2) is 22.0 Å². The number of nitrogens with zero attached hydrogens (tertiary/aromatic N) is 3. The van der Waals surface area contributed by atoms with Crippen molar-refractivity contribution < 1.29 is 51.0 Å². The lowest BCUT2D eigenvalue weighted by Crippen LogP contribution is -2.66. The van der Waals surface area contributed by atoms with Gasteiger partial charge < -0.3 is 24.8 Å². The summed E-state index contributed by atoms with van der Waals surface area (Å²) >= 11 is 6.58. The Morgan fingerprint density at radius 2 is 1.82 bits per heavy atom. The SMILES string of the molecule is CC(C)Oc1cc2c(Cl)cccc2c(O[C@@H]2C[C@H]3C(=O)N[C@]4(C(=O)NS(=O)(=O)C5(C)CC5)C[C@H]4C=CCC[C@@H](C)C[C@@H](C)[C@H](N(C(=O)O)C(C)(C)C(C)(F)F)C(=O)N3C2)n1. The van der Waals surface area contributed by atoms with Crippen LogP contribution in [0.5, 0.6) is 11.8 Å². The molecule has 4 amide bonds. The molecule has 0 bridgehead atoms. The van der Waals surface area contributed by atoms with Gasteiger partial charge in [0.25, 0.3) is 11.8 Å². The fraction of sp³-hybridized carbons (Fsp3) is 0.643. The Labute approximate surface area is 354 Å². The van der Waals surface area contributed by atoms with E-state index in [0.29, 0.717) is 53.3 Å². The van der Waals surface area contributed by atoms with Crippen LogP contribution in [0.1, 0.15) is 100 Å². The summed E-state index contributed by atoms with van der Waals surface area (Å²) in [6.45, 7) is 11.1. The number of sulfonamides is 1. The predicted molar refractivity (Wildman–Crippen MR) is 220 cm³/mol. The van der Waals surface area contributed by atoms with Crippen LogP contribution >= 0.6 is 11.6 Å². The van der Waals surface area contributed by atoms with Gasteiger partial charge in [0.2, 0.25) is 33.6 Å². The van der Waals surface area contributed by atoms with E-state index >= 15 is 13.6 Å². The van der Waals surface area contributed by atoms with Gasteiger partial charge in [0, 0.05) is 41.1 Å². The molecule has 2 aromatic rings. The Morgan fingerprint density at radius 1 is 1.13 bits per heavy atom. The highest BCUT2D eigenvalue weighted by Gasteiger charge is 2.63. The van der Waals surface area contributed by atoms with Crippen LogP contribution in [0.15, 0.2) is 36.4 Å². The number of allylic oxidation sites excluding steroid dienone is 1. The van der Waals surface area contributed by atoms with Crippen molar-refractivity contribution in [2.24, 2.45) is 17.8 Å². The first-order valence-electron chi connectivity index (χ1n) is 20.5. The second-order valence-electron chi connectivity index (χ2n) is 18.3. The number of carboxylic acid groups (broad SMARTS) is 1. The topological polar surface area (TPSA) is 185 Å². The first kappa shape index (κ1) is 45.3. The molecule has 0 radical (unpaired) electrons. The van der Waals surface area contributed by atoms with Gasteiger partial charge in [-0.3, -0.25) is 24.0 Å². The van der Waals surface area contributed by atoms with E-state index in [1.807, 2.05) is 26.8 Å². The minimum Gasteiger partial charge on any atom is -0.475 e. The molecule has 330 valence electrons. The predicted octanol–water partition coefficient (Wildman–Crippen LogP) is 6.69. The summed E-state index contributed by atoms with van der Waals surface area (Å²) in [5.74, 6) is -7.47. The third-order valence-electron chi connectivity index (χ3n) is 12.8.